The molecule has 0 amide bonds. The summed E-state index contributed by atoms with van der Waals surface area (Å²) < 4.78 is 13.9. The molecule has 1 aromatic carbocycles. The first-order valence-corrected chi connectivity index (χ1v) is 6.82. The molecule has 1 aromatic rings. The second-order valence-corrected chi connectivity index (χ2v) is 5.47. The van der Waals surface area contributed by atoms with Crippen molar-refractivity contribution in [3.63, 3.8) is 0 Å². The van der Waals surface area contributed by atoms with E-state index >= 15 is 0 Å². The van der Waals surface area contributed by atoms with Gasteiger partial charge < -0.3 is 5.32 Å². The molecule has 0 radical (unpaired) electrons. The van der Waals surface area contributed by atoms with Crippen LogP contribution in [0.3, 0.4) is 0 Å². The van der Waals surface area contributed by atoms with E-state index in [9.17, 15) is 4.39 Å². The smallest absolute Gasteiger partial charge is 0.137 e. The molecule has 1 aliphatic rings. The van der Waals surface area contributed by atoms with E-state index in [0.717, 1.165) is 25.2 Å². The van der Waals surface area contributed by atoms with Crippen LogP contribution in [-0.2, 0) is 6.54 Å². The van der Waals surface area contributed by atoms with Crippen molar-refractivity contribution in [3.05, 3.63) is 34.1 Å². The zero-order valence-electron chi connectivity index (χ0n) is 10.0. The first-order chi connectivity index (χ1) is 8.19. The Bertz CT molecular complexity index is 384. The van der Waals surface area contributed by atoms with Gasteiger partial charge in [-0.15, -0.1) is 0 Å². The third kappa shape index (κ3) is 3.50. The van der Waals surface area contributed by atoms with Gasteiger partial charge in [0.25, 0.3) is 0 Å². The molecule has 0 bridgehead atoms. The number of nitrogens with one attached hydrogen (secondary N) is 1. The minimum atomic E-state index is -0.176. The molecular weight excluding hydrogens is 283 g/mol. The van der Waals surface area contributed by atoms with Crippen LogP contribution in [0, 0.1) is 5.82 Å². The van der Waals surface area contributed by atoms with Gasteiger partial charge in [0.2, 0.25) is 0 Å². The number of rotatable bonds is 3. The van der Waals surface area contributed by atoms with E-state index in [2.05, 4.69) is 26.1 Å². The number of hydrogen-bond acceptors (Lipinski definition) is 2. The summed E-state index contributed by atoms with van der Waals surface area (Å²) >= 11 is 3.18. The average molecular weight is 301 g/mol. The molecule has 1 unspecified atom stereocenters. The fraction of sp³-hybridized carbons (Fsp3) is 0.538. The maximum Gasteiger partial charge on any atom is 0.137 e. The molecule has 2 rings (SSSR count). The first-order valence-electron chi connectivity index (χ1n) is 6.02. The minimum absolute atomic E-state index is 0.176. The summed E-state index contributed by atoms with van der Waals surface area (Å²) in [5.41, 5.74) is 1.04. The number of hydrogen-bond donors (Lipinski definition) is 1. The fourth-order valence-corrected chi connectivity index (χ4v) is 2.58. The normalized spacial score (nSPS) is 21.7. The van der Waals surface area contributed by atoms with Crippen LogP contribution >= 0.6 is 15.9 Å². The Morgan fingerprint density at radius 1 is 1.53 bits per heavy atom. The highest BCUT2D eigenvalue weighted by molar-refractivity contribution is 9.10. The van der Waals surface area contributed by atoms with Gasteiger partial charge in [-0.1, -0.05) is 6.07 Å². The predicted octanol–water partition coefficient (Wildman–Crippen LogP) is 2.77. The molecule has 0 saturated carbocycles. The molecular formula is C13H18BrFN2. The number of halogens is 2. The average Bonchev–Trinajstić information content (AvgIpc) is 2.34. The lowest BCUT2D eigenvalue weighted by molar-refractivity contribution is 0.188. The van der Waals surface area contributed by atoms with Crippen LogP contribution in [0.25, 0.3) is 0 Å². The lowest BCUT2D eigenvalue weighted by Crippen LogP contribution is -2.43. The first kappa shape index (κ1) is 13.0. The molecule has 0 aromatic heterocycles. The van der Waals surface area contributed by atoms with Crippen LogP contribution in [0.4, 0.5) is 4.39 Å². The Kier molecular flexibility index (Phi) is 4.54. The van der Waals surface area contributed by atoms with Gasteiger partial charge in [-0.2, -0.15) is 0 Å². The zero-order chi connectivity index (χ0) is 12.3. The van der Waals surface area contributed by atoms with Crippen molar-refractivity contribution in [1.82, 2.24) is 10.2 Å². The van der Waals surface area contributed by atoms with Crippen LogP contribution in [0.1, 0.15) is 18.4 Å². The molecule has 1 atom stereocenters. The SMILES string of the molecule is CNC1CCCN(Cc2ccc(Br)c(F)c2)C1. The largest absolute Gasteiger partial charge is 0.316 e. The van der Waals surface area contributed by atoms with Gasteiger partial charge in [0.15, 0.2) is 0 Å². The van der Waals surface area contributed by atoms with Crippen LogP contribution < -0.4 is 5.32 Å². The third-order valence-corrected chi connectivity index (χ3v) is 3.95. The van der Waals surface area contributed by atoms with Crippen molar-refractivity contribution in [1.29, 1.82) is 0 Å². The van der Waals surface area contributed by atoms with E-state index in [-0.39, 0.29) is 5.82 Å². The van der Waals surface area contributed by atoms with Crippen LogP contribution in [0.15, 0.2) is 22.7 Å². The molecule has 1 heterocycles. The van der Waals surface area contributed by atoms with E-state index in [1.165, 1.54) is 12.8 Å². The van der Waals surface area contributed by atoms with Gasteiger partial charge in [0.05, 0.1) is 4.47 Å². The van der Waals surface area contributed by atoms with Gasteiger partial charge in [0.1, 0.15) is 5.82 Å². The van der Waals surface area contributed by atoms with E-state index in [1.807, 2.05) is 13.1 Å². The van der Waals surface area contributed by atoms with Gasteiger partial charge in [-0.3, -0.25) is 4.90 Å². The van der Waals surface area contributed by atoms with E-state index < -0.39 is 0 Å². The second kappa shape index (κ2) is 5.94. The molecule has 1 aliphatic heterocycles. The summed E-state index contributed by atoms with van der Waals surface area (Å²) in [6, 6.07) is 5.96. The van der Waals surface area contributed by atoms with Crippen LogP contribution in [-0.4, -0.2) is 31.1 Å². The fourth-order valence-electron chi connectivity index (χ4n) is 2.33. The molecule has 0 aliphatic carbocycles. The quantitative estimate of drug-likeness (QED) is 0.923. The van der Waals surface area contributed by atoms with Crippen molar-refractivity contribution >= 4 is 15.9 Å². The monoisotopic (exact) mass is 300 g/mol. The van der Waals surface area contributed by atoms with Crippen molar-refractivity contribution < 1.29 is 4.39 Å². The van der Waals surface area contributed by atoms with Crippen molar-refractivity contribution in [2.45, 2.75) is 25.4 Å². The second-order valence-electron chi connectivity index (χ2n) is 4.61. The maximum absolute atomic E-state index is 13.4. The predicted molar refractivity (Wildman–Crippen MR) is 71.5 cm³/mol. The Balaban J connectivity index is 1.97. The van der Waals surface area contributed by atoms with E-state index in [1.54, 1.807) is 12.1 Å². The molecule has 2 nitrogen and oxygen atoms in total. The number of nitrogens with zero attached hydrogens (tertiary/aromatic N) is 1. The number of piperidine rings is 1. The highest BCUT2D eigenvalue weighted by Gasteiger charge is 2.18. The molecule has 94 valence electrons. The van der Waals surface area contributed by atoms with Gasteiger partial charge >= 0.3 is 0 Å². The molecule has 1 fully saturated rings. The number of likely N-dealkylation sites (N-methyl/N-ethyl adjacent to an activating group) is 1. The molecule has 1 N–H and O–H groups in total. The summed E-state index contributed by atoms with van der Waals surface area (Å²) in [5, 5.41) is 3.32. The van der Waals surface area contributed by atoms with Crippen molar-refractivity contribution in [2.75, 3.05) is 20.1 Å². The highest BCUT2D eigenvalue weighted by Crippen LogP contribution is 2.19. The highest BCUT2D eigenvalue weighted by atomic mass is 79.9. The lowest BCUT2D eigenvalue weighted by Gasteiger charge is -2.32. The summed E-state index contributed by atoms with van der Waals surface area (Å²) in [6.45, 7) is 2.99. The van der Waals surface area contributed by atoms with Gasteiger partial charge in [-0.05, 0) is 60.1 Å². The number of likely N-dealkylation sites (tertiary alicyclic amines) is 1. The molecule has 1 saturated heterocycles. The van der Waals surface area contributed by atoms with E-state index in [4.69, 9.17) is 0 Å². The summed E-state index contributed by atoms with van der Waals surface area (Å²) in [7, 11) is 2.01. The zero-order valence-corrected chi connectivity index (χ0v) is 11.6. The Labute approximate surface area is 110 Å². The lowest BCUT2D eigenvalue weighted by atomic mass is 10.1. The summed E-state index contributed by atoms with van der Waals surface area (Å²) in [5.74, 6) is -0.176. The Morgan fingerprint density at radius 2 is 2.35 bits per heavy atom. The van der Waals surface area contributed by atoms with Gasteiger partial charge in [-0.25, -0.2) is 4.39 Å². The van der Waals surface area contributed by atoms with Crippen molar-refractivity contribution in [3.8, 4) is 0 Å². The summed E-state index contributed by atoms with van der Waals surface area (Å²) in [6.07, 6.45) is 2.45. The maximum atomic E-state index is 13.4. The van der Waals surface area contributed by atoms with E-state index in [0.29, 0.717) is 10.5 Å². The molecule has 4 heteroatoms. The Hall–Kier alpha value is -0.450. The summed E-state index contributed by atoms with van der Waals surface area (Å²) in [4.78, 5) is 2.38. The topological polar surface area (TPSA) is 15.3 Å². The molecule has 17 heavy (non-hydrogen) atoms. The minimum Gasteiger partial charge on any atom is -0.316 e. The van der Waals surface area contributed by atoms with Crippen LogP contribution in [0.2, 0.25) is 0 Å². The van der Waals surface area contributed by atoms with Crippen LogP contribution in [0.5, 0.6) is 0 Å². The third-order valence-electron chi connectivity index (χ3n) is 3.30. The Morgan fingerprint density at radius 3 is 3.06 bits per heavy atom. The van der Waals surface area contributed by atoms with Gasteiger partial charge in [0, 0.05) is 19.1 Å². The number of benzene rings is 1. The van der Waals surface area contributed by atoms with Crippen molar-refractivity contribution in [2.24, 2.45) is 0 Å². The standard InChI is InChI=1S/C13H18BrFN2/c1-16-11-3-2-6-17(9-11)8-10-4-5-12(14)13(15)7-10/h4-5,7,11,16H,2-3,6,8-9H2,1H3. The molecule has 0 spiro atoms.